The Kier molecular flexibility index (Phi) is 2.57. The van der Waals surface area contributed by atoms with Crippen LogP contribution >= 0.6 is 0 Å². The fourth-order valence-corrected chi connectivity index (χ4v) is 1.09. The SMILES string of the molecule is O=CC1CCOCC1C=O. The molecule has 1 aliphatic heterocycles. The Hall–Kier alpha value is -0.700. The summed E-state index contributed by atoms with van der Waals surface area (Å²) in [4.78, 5) is 20.6. The summed E-state index contributed by atoms with van der Waals surface area (Å²) in [6.07, 6.45) is 2.34. The molecule has 3 heteroatoms. The minimum atomic E-state index is -0.203. The Morgan fingerprint density at radius 3 is 2.40 bits per heavy atom. The molecule has 0 aromatic carbocycles. The average Bonchev–Trinajstić information content (AvgIpc) is 2.04. The molecule has 0 saturated carbocycles. The van der Waals surface area contributed by atoms with Crippen molar-refractivity contribution in [2.75, 3.05) is 13.2 Å². The highest BCUT2D eigenvalue weighted by Crippen LogP contribution is 2.17. The predicted octanol–water partition coefficient (Wildman–Crippen LogP) is 0.0369. The molecular weight excluding hydrogens is 132 g/mol. The second kappa shape index (κ2) is 3.46. The molecular formula is C7H10O3. The van der Waals surface area contributed by atoms with Crippen molar-refractivity contribution < 1.29 is 14.3 Å². The van der Waals surface area contributed by atoms with Crippen LogP contribution in [0.1, 0.15) is 6.42 Å². The van der Waals surface area contributed by atoms with Crippen LogP contribution in [0.5, 0.6) is 0 Å². The van der Waals surface area contributed by atoms with Crippen molar-refractivity contribution in [3.05, 3.63) is 0 Å². The highest BCUT2D eigenvalue weighted by molar-refractivity contribution is 5.65. The largest absolute Gasteiger partial charge is 0.381 e. The first kappa shape index (κ1) is 7.41. The van der Waals surface area contributed by atoms with Gasteiger partial charge in [0.2, 0.25) is 0 Å². The molecule has 10 heavy (non-hydrogen) atoms. The molecule has 0 aromatic rings. The number of carbonyl (C=O) groups excluding carboxylic acids is 2. The van der Waals surface area contributed by atoms with Crippen LogP contribution in [0.2, 0.25) is 0 Å². The molecule has 1 heterocycles. The van der Waals surface area contributed by atoms with E-state index >= 15 is 0 Å². The monoisotopic (exact) mass is 142 g/mol. The zero-order valence-electron chi connectivity index (χ0n) is 5.66. The summed E-state index contributed by atoms with van der Waals surface area (Å²) in [5.41, 5.74) is 0. The molecule has 56 valence electrons. The highest BCUT2D eigenvalue weighted by atomic mass is 16.5. The van der Waals surface area contributed by atoms with Crippen molar-refractivity contribution in [3.8, 4) is 0 Å². The lowest BCUT2D eigenvalue weighted by Gasteiger charge is -2.22. The molecule has 1 saturated heterocycles. The first-order valence-electron chi connectivity index (χ1n) is 3.37. The van der Waals surface area contributed by atoms with E-state index in [0.717, 1.165) is 12.6 Å². The van der Waals surface area contributed by atoms with E-state index in [4.69, 9.17) is 4.74 Å². The second-order valence-corrected chi connectivity index (χ2v) is 2.46. The summed E-state index contributed by atoms with van der Waals surface area (Å²) in [5, 5.41) is 0. The third-order valence-corrected chi connectivity index (χ3v) is 1.81. The van der Waals surface area contributed by atoms with Gasteiger partial charge in [-0.15, -0.1) is 0 Å². The minimum absolute atomic E-state index is 0.105. The van der Waals surface area contributed by atoms with Gasteiger partial charge in [0, 0.05) is 18.4 Å². The van der Waals surface area contributed by atoms with Crippen LogP contribution < -0.4 is 0 Å². The number of hydrogen-bond acceptors (Lipinski definition) is 3. The zero-order valence-corrected chi connectivity index (χ0v) is 5.66. The van der Waals surface area contributed by atoms with E-state index in [1.807, 2.05) is 0 Å². The van der Waals surface area contributed by atoms with Crippen LogP contribution in [-0.4, -0.2) is 25.8 Å². The smallest absolute Gasteiger partial charge is 0.126 e. The minimum Gasteiger partial charge on any atom is -0.381 e. The van der Waals surface area contributed by atoms with Crippen molar-refractivity contribution in [3.63, 3.8) is 0 Å². The van der Waals surface area contributed by atoms with E-state index in [0.29, 0.717) is 19.6 Å². The molecule has 0 radical (unpaired) electrons. The van der Waals surface area contributed by atoms with Gasteiger partial charge in [-0.05, 0) is 6.42 Å². The molecule has 0 aliphatic carbocycles. The number of rotatable bonds is 2. The second-order valence-electron chi connectivity index (χ2n) is 2.46. The molecule has 1 rings (SSSR count). The summed E-state index contributed by atoms with van der Waals surface area (Å²) in [7, 11) is 0. The number of aldehydes is 2. The van der Waals surface area contributed by atoms with Gasteiger partial charge in [0.05, 0.1) is 6.61 Å². The van der Waals surface area contributed by atoms with E-state index in [9.17, 15) is 9.59 Å². The lowest BCUT2D eigenvalue weighted by Crippen LogP contribution is -2.29. The Balaban J connectivity index is 2.49. The maximum atomic E-state index is 10.3. The van der Waals surface area contributed by atoms with E-state index in [1.54, 1.807) is 0 Å². The molecule has 0 N–H and O–H groups in total. The van der Waals surface area contributed by atoms with Crippen LogP contribution in [0.25, 0.3) is 0 Å². The summed E-state index contributed by atoms with van der Waals surface area (Å²) in [5.74, 6) is -0.308. The lowest BCUT2D eigenvalue weighted by atomic mass is 9.91. The Bertz CT molecular complexity index is 117. The van der Waals surface area contributed by atoms with Crippen molar-refractivity contribution in [1.82, 2.24) is 0 Å². The van der Waals surface area contributed by atoms with Gasteiger partial charge < -0.3 is 14.3 Å². The van der Waals surface area contributed by atoms with Gasteiger partial charge in [-0.25, -0.2) is 0 Å². The standard InChI is InChI=1S/C7H10O3/c8-3-6-1-2-10-5-7(6)4-9/h3-4,6-7H,1-2,5H2. The topological polar surface area (TPSA) is 43.4 Å². The van der Waals surface area contributed by atoms with Gasteiger partial charge in [0.1, 0.15) is 12.6 Å². The quantitative estimate of drug-likeness (QED) is 0.511. The van der Waals surface area contributed by atoms with Crippen molar-refractivity contribution in [1.29, 1.82) is 0 Å². The van der Waals surface area contributed by atoms with E-state index in [1.165, 1.54) is 0 Å². The molecule has 0 aromatic heterocycles. The molecule has 0 spiro atoms. The van der Waals surface area contributed by atoms with Crippen LogP contribution in [0.4, 0.5) is 0 Å². The van der Waals surface area contributed by atoms with Gasteiger partial charge in [0.15, 0.2) is 0 Å². The van der Waals surface area contributed by atoms with Gasteiger partial charge >= 0.3 is 0 Å². The summed E-state index contributed by atoms with van der Waals surface area (Å²) in [6, 6.07) is 0. The van der Waals surface area contributed by atoms with Gasteiger partial charge in [-0.3, -0.25) is 0 Å². The third-order valence-electron chi connectivity index (χ3n) is 1.81. The van der Waals surface area contributed by atoms with Gasteiger partial charge in [-0.1, -0.05) is 0 Å². The van der Waals surface area contributed by atoms with Crippen LogP contribution in [0, 0.1) is 11.8 Å². The van der Waals surface area contributed by atoms with Crippen LogP contribution in [0.15, 0.2) is 0 Å². The maximum Gasteiger partial charge on any atom is 0.126 e. The zero-order chi connectivity index (χ0) is 7.40. The summed E-state index contributed by atoms with van der Waals surface area (Å²) < 4.78 is 5.01. The van der Waals surface area contributed by atoms with E-state index in [2.05, 4.69) is 0 Å². The number of ether oxygens (including phenoxy) is 1. The number of carbonyl (C=O) groups is 2. The van der Waals surface area contributed by atoms with Crippen molar-refractivity contribution >= 4 is 12.6 Å². The fraction of sp³-hybridized carbons (Fsp3) is 0.714. The molecule has 0 bridgehead atoms. The van der Waals surface area contributed by atoms with Crippen LogP contribution in [0.3, 0.4) is 0 Å². The average molecular weight is 142 g/mol. The Labute approximate surface area is 59.4 Å². The number of hydrogen-bond donors (Lipinski definition) is 0. The maximum absolute atomic E-state index is 10.3. The predicted molar refractivity (Wildman–Crippen MR) is 34.5 cm³/mol. The first-order chi connectivity index (χ1) is 4.88. The molecule has 3 nitrogen and oxygen atoms in total. The molecule has 1 aliphatic rings. The summed E-state index contributed by atoms with van der Waals surface area (Å²) in [6.45, 7) is 1.01. The van der Waals surface area contributed by atoms with Crippen molar-refractivity contribution in [2.45, 2.75) is 6.42 Å². The normalized spacial score (nSPS) is 33.2. The molecule has 2 atom stereocenters. The Morgan fingerprint density at radius 1 is 1.20 bits per heavy atom. The van der Waals surface area contributed by atoms with Crippen LogP contribution in [-0.2, 0) is 14.3 Å². The molecule has 2 unspecified atom stereocenters. The Morgan fingerprint density at radius 2 is 1.90 bits per heavy atom. The third kappa shape index (κ3) is 1.42. The highest BCUT2D eigenvalue weighted by Gasteiger charge is 2.24. The molecule has 0 amide bonds. The fourth-order valence-electron chi connectivity index (χ4n) is 1.09. The van der Waals surface area contributed by atoms with E-state index < -0.39 is 0 Å². The summed E-state index contributed by atoms with van der Waals surface area (Å²) >= 11 is 0. The first-order valence-corrected chi connectivity index (χ1v) is 3.37. The molecule has 1 fully saturated rings. The van der Waals surface area contributed by atoms with Crippen molar-refractivity contribution in [2.24, 2.45) is 11.8 Å². The van der Waals surface area contributed by atoms with Gasteiger partial charge in [-0.2, -0.15) is 0 Å². The van der Waals surface area contributed by atoms with Gasteiger partial charge in [0.25, 0.3) is 0 Å². The lowest BCUT2D eigenvalue weighted by molar-refractivity contribution is -0.125. The van der Waals surface area contributed by atoms with E-state index in [-0.39, 0.29) is 11.8 Å².